The van der Waals surface area contributed by atoms with Crippen LogP contribution in [0.4, 0.5) is 5.69 Å². The van der Waals surface area contributed by atoms with Crippen molar-refractivity contribution in [3.05, 3.63) is 41.5 Å². The third-order valence-corrected chi connectivity index (χ3v) is 7.39. The lowest BCUT2D eigenvalue weighted by atomic mass is 9.68. The van der Waals surface area contributed by atoms with Gasteiger partial charge in [-0.2, -0.15) is 0 Å². The van der Waals surface area contributed by atoms with Crippen LogP contribution in [0, 0.1) is 5.92 Å². The Labute approximate surface area is 143 Å². The molecule has 0 aliphatic carbocycles. The van der Waals surface area contributed by atoms with Gasteiger partial charge in [-0.3, -0.25) is 4.79 Å². The molecule has 1 aromatic carbocycles. The van der Waals surface area contributed by atoms with Crippen molar-refractivity contribution in [2.45, 2.75) is 37.4 Å². The number of nitrogens with zero attached hydrogens (tertiary/aromatic N) is 2. The lowest BCUT2D eigenvalue weighted by Crippen LogP contribution is -2.74. The van der Waals surface area contributed by atoms with E-state index in [9.17, 15) is 9.90 Å². The number of aliphatic hydroxyl groups is 1. The monoisotopic (exact) mass is 325 g/mol. The van der Waals surface area contributed by atoms with Crippen molar-refractivity contribution in [1.82, 2.24) is 0 Å². The Balaban J connectivity index is 1.78. The van der Waals surface area contributed by atoms with E-state index in [1.807, 2.05) is 18.2 Å². The van der Waals surface area contributed by atoms with E-state index in [4.69, 9.17) is 0 Å². The van der Waals surface area contributed by atoms with Crippen LogP contribution in [0.5, 0.6) is 0 Å². The number of rotatable bonds is 1. The highest BCUT2D eigenvalue weighted by Crippen LogP contribution is 2.58. The van der Waals surface area contributed by atoms with Gasteiger partial charge >= 0.3 is 0 Å². The second-order valence-corrected chi connectivity index (χ2v) is 8.22. The zero-order valence-electron chi connectivity index (χ0n) is 14.4. The van der Waals surface area contributed by atoms with Crippen LogP contribution in [0.15, 0.2) is 35.9 Å². The van der Waals surface area contributed by atoms with Crippen LogP contribution in [-0.2, 0) is 0 Å². The molecule has 0 radical (unpaired) electrons. The standard InChI is InChI=1S/C20H25N2O2/c1-3-13-11-22(2)9-8-20-18(22)10-15(13)17(12-23)21(20)16-7-5-4-6-14(16)19(20)24/h3-7,15,17-18,23H,8-12H2,1-2H3/q+1/b13-3-/t15-,17-,18-,20-,22?/m0/s1. The summed E-state index contributed by atoms with van der Waals surface area (Å²) in [5.74, 6) is 0.659. The first-order chi connectivity index (χ1) is 11.6. The van der Waals surface area contributed by atoms with Gasteiger partial charge in [-0.05, 0) is 24.6 Å². The normalized spacial score (nSPS) is 44.0. The molecule has 0 amide bonds. The minimum atomic E-state index is -0.429. The summed E-state index contributed by atoms with van der Waals surface area (Å²) in [5.41, 5.74) is 2.93. The summed E-state index contributed by atoms with van der Waals surface area (Å²) in [4.78, 5) is 15.9. The molecule has 126 valence electrons. The van der Waals surface area contributed by atoms with E-state index >= 15 is 0 Å². The molecule has 4 heterocycles. The van der Waals surface area contributed by atoms with E-state index < -0.39 is 5.54 Å². The van der Waals surface area contributed by atoms with Crippen molar-refractivity contribution in [1.29, 1.82) is 0 Å². The number of aliphatic hydroxyl groups excluding tert-OH is 1. The Morgan fingerprint density at radius 3 is 2.96 bits per heavy atom. The van der Waals surface area contributed by atoms with Gasteiger partial charge in [0, 0.05) is 30.0 Å². The number of likely N-dealkylation sites (N-methyl/N-ethyl adjacent to an activating group) is 1. The molecule has 0 aromatic heterocycles. The molecular weight excluding hydrogens is 300 g/mol. The largest absolute Gasteiger partial charge is 0.394 e. The summed E-state index contributed by atoms with van der Waals surface area (Å²) in [5, 5.41) is 10.3. The minimum absolute atomic E-state index is 0.0203. The number of carbonyl (C=O) groups excluding carboxylic acids is 1. The molecule has 2 bridgehead atoms. The SMILES string of the molecule is C/C=C1/C[N+]2(C)CC[C@]34C(=O)c5ccccc5N3[C@@H](CO)[C@H]1C[C@@H]42. The first kappa shape index (κ1) is 14.7. The molecule has 4 aliphatic heterocycles. The Bertz CT molecular complexity index is 773. The lowest BCUT2D eigenvalue weighted by Gasteiger charge is -2.57. The van der Waals surface area contributed by atoms with Crippen LogP contribution in [0.2, 0.25) is 0 Å². The van der Waals surface area contributed by atoms with Crippen LogP contribution in [-0.4, -0.2) is 59.7 Å². The number of hydrogen-bond donors (Lipinski definition) is 1. The molecule has 1 spiro atoms. The van der Waals surface area contributed by atoms with Gasteiger partial charge in [0.25, 0.3) is 0 Å². The molecule has 1 unspecified atom stereocenters. The highest BCUT2D eigenvalue weighted by Gasteiger charge is 2.72. The smallest absolute Gasteiger partial charge is 0.196 e. The maximum atomic E-state index is 13.5. The van der Waals surface area contributed by atoms with E-state index in [1.165, 1.54) is 5.57 Å². The zero-order chi connectivity index (χ0) is 16.7. The number of piperidine rings is 2. The second kappa shape index (κ2) is 4.50. The molecule has 4 nitrogen and oxygen atoms in total. The third kappa shape index (κ3) is 1.42. The number of para-hydroxylation sites is 1. The molecule has 3 saturated heterocycles. The predicted octanol–water partition coefficient (Wildman–Crippen LogP) is 1.99. The van der Waals surface area contributed by atoms with Gasteiger partial charge in [0.15, 0.2) is 11.3 Å². The molecular formula is C20H25N2O2+. The van der Waals surface area contributed by atoms with Crippen LogP contribution >= 0.6 is 0 Å². The third-order valence-electron chi connectivity index (χ3n) is 7.39. The van der Waals surface area contributed by atoms with E-state index in [0.717, 1.165) is 41.7 Å². The Morgan fingerprint density at radius 1 is 1.42 bits per heavy atom. The van der Waals surface area contributed by atoms with Crippen molar-refractivity contribution in [2.75, 3.05) is 31.6 Å². The van der Waals surface area contributed by atoms with Crippen LogP contribution < -0.4 is 4.90 Å². The number of benzene rings is 1. The number of quaternary nitrogens is 1. The van der Waals surface area contributed by atoms with E-state index in [2.05, 4.69) is 31.0 Å². The van der Waals surface area contributed by atoms with E-state index in [-0.39, 0.29) is 12.6 Å². The summed E-state index contributed by atoms with van der Waals surface area (Å²) < 4.78 is 0.977. The van der Waals surface area contributed by atoms with Crippen molar-refractivity contribution in [3.8, 4) is 0 Å². The van der Waals surface area contributed by atoms with E-state index in [1.54, 1.807) is 0 Å². The fraction of sp³-hybridized carbons (Fsp3) is 0.550. The summed E-state index contributed by atoms with van der Waals surface area (Å²) in [6.07, 6.45) is 4.18. The highest BCUT2D eigenvalue weighted by molar-refractivity contribution is 6.15. The molecule has 3 fully saturated rings. The molecule has 24 heavy (non-hydrogen) atoms. The number of ketones is 1. The van der Waals surface area contributed by atoms with Crippen molar-refractivity contribution in [3.63, 3.8) is 0 Å². The number of fused-ring (bicyclic) bond motifs is 3. The quantitative estimate of drug-likeness (QED) is 0.634. The summed E-state index contributed by atoms with van der Waals surface area (Å²) >= 11 is 0. The van der Waals surface area contributed by atoms with Crippen molar-refractivity contribution >= 4 is 11.5 Å². The van der Waals surface area contributed by atoms with Crippen molar-refractivity contribution in [2.24, 2.45) is 5.92 Å². The lowest BCUT2D eigenvalue weighted by molar-refractivity contribution is -0.923. The van der Waals surface area contributed by atoms with Gasteiger partial charge < -0.3 is 14.5 Å². The maximum Gasteiger partial charge on any atom is 0.196 e. The Morgan fingerprint density at radius 2 is 2.21 bits per heavy atom. The van der Waals surface area contributed by atoms with Gasteiger partial charge in [-0.15, -0.1) is 0 Å². The highest BCUT2D eigenvalue weighted by atomic mass is 16.3. The molecule has 0 saturated carbocycles. The molecule has 5 atom stereocenters. The number of hydrogen-bond acceptors (Lipinski definition) is 3. The average molecular weight is 325 g/mol. The van der Waals surface area contributed by atoms with Crippen LogP contribution in [0.3, 0.4) is 0 Å². The molecule has 1 N–H and O–H groups in total. The maximum absolute atomic E-state index is 13.5. The second-order valence-electron chi connectivity index (χ2n) is 8.22. The van der Waals surface area contributed by atoms with Gasteiger partial charge in [0.05, 0.1) is 26.2 Å². The first-order valence-corrected chi connectivity index (χ1v) is 9.10. The molecule has 4 heteroatoms. The number of Topliss-reactive ketones (excluding diaryl/α,β-unsaturated/α-hetero) is 1. The van der Waals surface area contributed by atoms with Crippen LogP contribution in [0.25, 0.3) is 0 Å². The fourth-order valence-electron chi connectivity index (χ4n) is 6.38. The number of anilines is 1. The van der Waals surface area contributed by atoms with Gasteiger partial charge in [-0.25, -0.2) is 0 Å². The number of carbonyl (C=O) groups is 1. The van der Waals surface area contributed by atoms with Gasteiger partial charge in [0.2, 0.25) is 0 Å². The first-order valence-electron chi connectivity index (χ1n) is 9.10. The van der Waals surface area contributed by atoms with Crippen molar-refractivity contribution < 1.29 is 14.4 Å². The minimum Gasteiger partial charge on any atom is -0.394 e. The summed E-state index contributed by atoms with van der Waals surface area (Å²) in [6, 6.07) is 8.39. The predicted molar refractivity (Wildman–Crippen MR) is 93.0 cm³/mol. The zero-order valence-corrected chi connectivity index (χ0v) is 14.4. The topological polar surface area (TPSA) is 40.5 Å². The molecule has 4 aliphatic rings. The van der Waals surface area contributed by atoms with E-state index in [0.29, 0.717) is 17.7 Å². The summed E-state index contributed by atoms with van der Waals surface area (Å²) in [7, 11) is 2.33. The average Bonchev–Trinajstić information content (AvgIpc) is 3.07. The van der Waals surface area contributed by atoms with Gasteiger partial charge in [-0.1, -0.05) is 18.2 Å². The van der Waals surface area contributed by atoms with Gasteiger partial charge in [0.1, 0.15) is 12.6 Å². The number of allylic oxidation sites excluding steroid dienone is 1. The summed E-state index contributed by atoms with van der Waals surface area (Å²) in [6.45, 7) is 4.31. The fourth-order valence-corrected chi connectivity index (χ4v) is 6.38. The molecule has 5 rings (SSSR count). The Hall–Kier alpha value is -1.65. The molecule has 1 aromatic rings. The Kier molecular flexibility index (Phi) is 2.75. The van der Waals surface area contributed by atoms with Crippen LogP contribution in [0.1, 0.15) is 30.1 Å².